The number of nitrogens with zero attached hydrogens (tertiary/aromatic N) is 3. The van der Waals surface area contributed by atoms with Gasteiger partial charge in [-0.25, -0.2) is 29.3 Å². The monoisotopic (exact) mass is 1160 g/mol. The average Bonchev–Trinajstić information content (AvgIpc) is 3.76. The predicted octanol–water partition coefficient (Wildman–Crippen LogP) is 15.3. The summed E-state index contributed by atoms with van der Waals surface area (Å²) in [6.07, 6.45) is 0. The third kappa shape index (κ3) is 17.0. The van der Waals surface area contributed by atoms with Gasteiger partial charge >= 0.3 is 17.9 Å². The molecule has 0 atom stereocenters. The van der Waals surface area contributed by atoms with Crippen LogP contribution in [0.4, 0.5) is 0 Å². The van der Waals surface area contributed by atoms with E-state index in [0.29, 0.717) is 61.6 Å². The van der Waals surface area contributed by atoms with Crippen molar-refractivity contribution in [3.63, 3.8) is 0 Å². The molecule has 3 heterocycles. The highest BCUT2D eigenvalue weighted by Gasteiger charge is 2.11. The average molecular weight is 1160 g/mol. The zero-order valence-electron chi connectivity index (χ0n) is 46.8. The van der Waals surface area contributed by atoms with E-state index in [1.165, 1.54) is 0 Å². The number of rotatable bonds is 21. The molecule has 0 unspecified atom stereocenters. The lowest BCUT2D eigenvalue weighted by atomic mass is 10.1. The third-order valence-electron chi connectivity index (χ3n) is 13.4. The molecular weight excluding hydrogens is 1100 g/mol. The fraction of sp³-hybridized carbons (Fsp3) is 0.0833. The SMILES string of the molecule is O=C(O)c1ccc(COc2ccc(OCc3ccc4ccccc4n3)cc2)cc1.O=C(O)c1cccc(COc2ccc(OCc3ccc4ccccc4n3)cc2)c1.O=C(O)c1ccccc1COc1cccc(OCc2ccc3ccccc3n2)c1. The van der Waals surface area contributed by atoms with Gasteiger partial charge in [-0.1, -0.05) is 121 Å². The summed E-state index contributed by atoms with van der Waals surface area (Å²) in [7, 11) is 0. The van der Waals surface area contributed by atoms with Crippen LogP contribution in [0.25, 0.3) is 32.7 Å². The van der Waals surface area contributed by atoms with Gasteiger partial charge in [-0.2, -0.15) is 0 Å². The van der Waals surface area contributed by atoms with Gasteiger partial charge in [-0.05, 0) is 139 Å². The zero-order chi connectivity index (χ0) is 60.2. The minimum atomic E-state index is -0.968. The zero-order valence-corrected chi connectivity index (χ0v) is 46.8. The first kappa shape index (κ1) is 58.6. The molecule has 0 fully saturated rings. The van der Waals surface area contributed by atoms with Crippen molar-refractivity contribution in [3.8, 4) is 34.5 Å². The standard InChI is InChI=1S/3C24H19NO4/c26-24(27)22-10-3-1-7-18(22)15-28-20-8-5-9-21(14-20)29-16-19-13-12-17-6-2-4-11-23(17)25-19;26-24(27)19-6-3-4-17(14-19)15-28-21-10-12-22(13-11-21)29-16-20-9-8-18-5-1-2-7-23(18)25-20;26-24(27)19-7-5-17(6-8-19)15-28-21-11-13-22(14-12-21)29-16-20-10-9-18-3-1-2-4-23(18)25-20/h3*1-14H,15-16H2,(H,26,27). The highest BCUT2D eigenvalue weighted by atomic mass is 16.5. The van der Waals surface area contributed by atoms with E-state index < -0.39 is 17.9 Å². The summed E-state index contributed by atoms with van der Waals surface area (Å²) in [6.45, 7) is 1.94. The molecule has 3 N–H and O–H groups in total. The lowest BCUT2D eigenvalue weighted by Gasteiger charge is -2.11. The molecule has 9 aromatic carbocycles. The quantitative estimate of drug-likeness (QED) is 0.0612. The number of para-hydroxylation sites is 3. The van der Waals surface area contributed by atoms with Gasteiger partial charge in [0.05, 0.1) is 50.3 Å². The van der Waals surface area contributed by atoms with Crippen molar-refractivity contribution in [2.24, 2.45) is 0 Å². The van der Waals surface area contributed by atoms with Crippen LogP contribution in [0.3, 0.4) is 0 Å². The van der Waals surface area contributed by atoms with E-state index in [9.17, 15) is 19.5 Å². The van der Waals surface area contributed by atoms with Gasteiger partial charge in [-0.3, -0.25) is 0 Å². The first-order valence-electron chi connectivity index (χ1n) is 27.6. The van der Waals surface area contributed by atoms with Gasteiger partial charge in [0.1, 0.15) is 74.1 Å². The molecule has 0 aliphatic carbocycles. The second-order valence-electron chi connectivity index (χ2n) is 19.6. The lowest BCUT2D eigenvalue weighted by molar-refractivity contribution is 0.0684. The van der Waals surface area contributed by atoms with Crippen molar-refractivity contribution in [2.45, 2.75) is 39.6 Å². The Kier molecular flexibility index (Phi) is 19.6. The molecule has 432 valence electrons. The van der Waals surface area contributed by atoms with Crippen molar-refractivity contribution in [1.29, 1.82) is 0 Å². The first-order chi connectivity index (χ1) is 42.5. The summed E-state index contributed by atoms with van der Waals surface area (Å²) in [5, 5.41) is 30.5. The Bertz CT molecular complexity index is 4290. The van der Waals surface area contributed by atoms with E-state index in [4.69, 9.17) is 38.6 Å². The van der Waals surface area contributed by atoms with E-state index in [-0.39, 0.29) is 23.3 Å². The second kappa shape index (κ2) is 29.1. The molecule has 12 rings (SSSR count). The third-order valence-corrected chi connectivity index (χ3v) is 13.4. The highest BCUT2D eigenvalue weighted by Crippen LogP contribution is 2.25. The van der Waals surface area contributed by atoms with E-state index >= 15 is 0 Å². The minimum Gasteiger partial charge on any atom is -0.489 e. The minimum absolute atomic E-state index is 0.165. The highest BCUT2D eigenvalue weighted by molar-refractivity contribution is 5.89. The number of benzene rings is 9. The summed E-state index contributed by atoms with van der Waals surface area (Å²) in [6, 6.07) is 78.0. The maximum absolute atomic E-state index is 11.3. The Morgan fingerprint density at radius 1 is 0.287 bits per heavy atom. The van der Waals surface area contributed by atoms with Gasteiger partial charge in [0, 0.05) is 27.8 Å². The molecule has 15 nitrogen and oxygen atoms in total. The number of carboxylic acid groups (broad SMARTS) is 3. The van der Waals surface area contributed by atoms with Gasteiger partial charge in [-0.15, -0.1) is 0 Å². The van der Waals surface area contributed by atoms with Crippen molar-refractivity contribution < 1.29 is 58.1 Å². The van der Waals surface area contributed by atoms with Crippen LogP contribution in [0.15, 0.2) is 255 Å². The van der Waals surface area contributed by atoms with Crippen molar-refractivity contribution in [3.05, 3.63) is 305 Å². The molecule has 0 bridgehead atoms. The Morgan fingerprint density at radius 2 is 0.678 bits per heavy atom. The Hall–Kier alpha value is -11.6. The van der Waals surface area contributed by atoms with Crippen LogP contribution in [0.2, 0.25) is 0 Å². The number of carbonyl (C=O) groups is 3. The van der Waals surface area contributed by atoms with Gasteiger partial charge in [0.25, 0.3) is 0 Å². The molecule has 0 aliphatic rings. The Morgan fingerprint density at radius 3 is 1.14 bits per heavy atom. The molecule has 0 amide bonds. The first-order valence-corrected chi connectivity index (χ1v) is 27.6. The number of hydrogen-bond donors (Lipinski definition) is 3. The number of fused-ring (bicyclic) bond motifs is 3. The largest absolute Gasteiger partial charge is 0.489 e. The van der Waals surface area contributed by atoms with Crippen molar-refractivity contribution in [1.82, 2.24) is 15.0 Å². The van der Waals surface area contributed by atoms with Crippen LogP contribution in [0.1, 0.15) is 64.8 Å². The molecule has 12 aromatic rings. The van der Waals surface area contributed by atoms with Gasteiger partial charge < -0.3 is 43.7 Å². The normalized spacial score (nSPS) is 10.6. The Labute approximate surface area is 500 Å². The summed E-state index contributed by atoms with van der Waals surface area (Å²) in [5.74, 6) is 1.26. The number of ether oxygens (including phenoxy) is 6. The molecule has 0 spiro atoms. The molecule has 0 saturated carbocycles. The molecule has 3 aromatic heterocycles. The van der Waals surface area contributed by atoms with E-state index in [2.05, 4.69) is 15.0 Å². The number of carboxylic acids is 3. The fourth-order valence-electron chi connectivity index (χ4n) is 8.84. The second-order valence-corrected chi connectivity index (χ2v) is 19.6. The van der Waals surface area contributed by atoms with Crippen LogP contribution in [0.5, 0.6) is 34.5 Å². The van der Waals surface area contributed by atoms with Crippen LogP contribution in [-0.4, -0.2) is 48.2 Å². The molecule has 0 aliphatic heterocycles. The van der Waals surface area contributed by atoms with Crippen LogP contribution in [0, 0.1) is 0 Å². The maximum Gasteiger partial charge on any atom is 0.336 e. The number of aromatic carboxylic acids is 3. The fourth-order valence-corrected chi connectivity index (χ4v) is 8.84. The lowest BCUT2D eigenvalue weighted by Crippen LogP contribution is -2.05. The number of aromatic nitrogens is 3. The molecule has 0 radical (unpaired) electrons. The van der Waals surface area contributed by atoms with Gasteiger partial charge in [0.2, 0.25) is 0 Å². The summed E-state index contributed by atoms with van der Waals surface area (Å²) >= 11 is 0. The number of hydrogen-bond acceptors (Lipinski definition) is 12. The van der Waals surface area contributed by atoms with Crippen molar-refractivity contribution >= 4 is 50.6 Å². The van der Waals surface area contributed by atoms with E-state index in [1.54, 1.807) is 72.8 Å². The van der Waals surface area contributed by atoms with Gasteiger partial charge in [0.15, 0.2) is 0 Å². The van der Waals surface area contributed by atoms with Crippen LogP contribution in [-0.2, 0) is 39.6 Å². The summed E-state index contributed by atoms with van der Waals surface area (Å²) < 4.78 is 34.7. The summed E-state index contributed by atoms with van der Waals surface area (Å²) in [4.78, 5) is 47.0. The van der Waals surface area contributed by atoms with Crippen LogP contribution < -0.4 is 28.4 Å². The van der Waals surface area contributed by atoms with Crippen LogP contribution >= 0.6 is 0 Å². The molecular formula is C72H57N3O12. The maximum atomic E-state index is 11.3. The Balaban J connectivity index is 0.000000144. The predicted molar refractivity (Wildman–Crippen MR) is 331 cm³/mol. The smallest absolute Gasteiger partial charge is 0.336 e. The molecule has 15 heteroatoms. The number of pyridine rings is 3. The topological polar surface area (TPSA) is 206 Å². The molecule has 87 heavy (non-hydrogen) atoms. The van der Waals surface area contributed by atoms with E-state index in [1.807, 2.05) is 182 Å². The van der Waals surface area contributed by atoms with E-state index in [0.717, 1.165) is 72.4 Å². The molecule has 0 saturated heterocycles. The summed E-state index contributed by atoms with van der Waals surface area (Å²) in [5.41, 5.74) is 8.47. The van der Waals surface area contributed by atoms with Crippen molar-refractivity contribution in [2.75, 3.05) is 0 Å².